The van der Waals surface area contributed by atoms with E-state index in [1.807, 2.05) is 0 Å². The van der Waals surface area contributed by atoms with Gasteiger partial charge in [-0.05, 0) is 79.1 Å². The predicted octanol–water partition coefficient (Wildman–Crippen LogP) is 6.04. The van der Waals surface area contributed by atoms with E-state index in [-0.39, 0.29) is 5.41 Å². The number of piperidine rings is 1. The monoisotopic (exact) mass is 436 g/mol. The quantitative estimate of drug-likeness (QED) is 0.422. The molecule has 0 bridgehead atoms. The van der Waals surface area contributed by atoms with E-state index in [9.17, 15) is 0 Å². The number of hydrogen-bond acceptors (Lipinski definition) is 2. The summed E-state index contributed by atoms with van der Waals surface area (Å²) in [5.41, 5.74) is 8.65. The van der Waals surface area contributed by atoms with Crippen molar-refractivity contribution in [3.63, 3.8) is 0 Å². The highest BCUT2D eigenvalue weighted by Gasteiger charge is 2.48. The second-order valence-electron chi connectivity index (χ2n) is 10.0. The molecule has 0 amide bonds. The molecule has 6 rings (SSSR count). The van der Waals surface area contributed by atoms with E-state index in [0.717, 1.165) is 38.2 Å². The summed E-state index contributed by atoms with van der Waals surface area (Å²) in [4.78, 5) is 6.49. The first-order chi connectivity index (χ1) is 16.2. The third kappa shape index (κ3) is 3.46. The van der Waals surface area contributed by atoms with Gasteiger partial charge in [0.1, 0.15) is 5.75 Å². The number of rotatable bonds is 4. The van der Waals surface area contributed by atoms with Crippen LogP contribution >= 0.6 is 0 Å². The Morgan fingerprint density at radius 3 is 2.73 bits per heavy atom. The van der Waals surface area contributed by atoms with Gasteiger partial charge in [0.2, 0.25) is 0 Å². The van der Waals surface area contributed by atoms with E-state index in [2.05, 4.69) is 89.6 Å². The molecule has 1 saturated heterocycles. The molecule has 1 N–H and O–H groups in total. The molecule has 1 unspecified atom stereocenters. The van der Waals surface area contributed by atoms with Gasteiger partial charge in [0.15, 0.2) is 0 Å². The first-order valence-electron chi connectivity index (χ1n) is 12.2. The minimum atomic E-state index is 0.142. The summed E-state index contributed by atoms with van der Waals surface area (Å²) in [6, 6.07) is 26.5. The summed E-state index contributed by atoms with van der Waals surface area (Å²) in [6.45, 7) is 5.54. The molecule has 3 nitrogen and oxygen atoms in total. The van der Waals surface area contributed by atoms with Crippen molar-refractivity contribution in [2.75, 3.05) is 20.2 Å². The Balaban J connectivity index is 1.42. The van der Waals surface area contributed by atoms with Crippen LogP contribution in [0.5, 0.6) is 5.75 Å². The van der Waals surface area contributed by atoms with Gasteiger partial charge in [-0.15, -0.1) is 0 Å². The number of methoxy groups -OCH3 is 1. The molecule has 3 aromatic carbocycles. The van der Waals surface area contributed by atoms with E-state index in [0.29, 0.717) is 5.92 Å². The Hall–Kier alpha value is -3.04. The topological polar surface area (TPSA) is 28.3 Å². The minimum absolute atomic E-state index is 0.142. The van der Waals surface area contributed by atoms with Crippen LogP contribution in [0.25, 0.3) is 10.9 Å². The van der Waals surface area contributed by atoms with E-state index in [1.165, 1.54) is 39.7 Å². The Labute approximate surface area is 196 Å². The lowest BCUT2D eigenvalue weighted by atomic mass is 9.58. The van der Waals surface area contributed by atoms with Crippen molar-refractivity contribution in [1.29, 1.82) is 0 Å². The molecule has 168 valence electrons. The molecule has 1 aliphatic carbocycles. The first-order valence-corrected chi connectivity index (χ1v) is 12.2. The van der Waals surface area contributed by atoms with Gasteiger partial charge >= 0.3 is 0 Å². The second-order valence-corrected chi connectivity index (χ2v) is 10.0. The number of nitrogens with one attached hydrogen (secondary N) is 1. The van der Waals surface area contributed by atoms with Crippen LogP contribution in [0, 0.1) is 12.8 Å². The van der Waals surface area contributed by atoms with Crippen LogP contribution in [0.4, 0.5) is 0 Å². The number of aryl methyl sites for hydroxylation is 1. The third-order valence-corrected chi connectivity index (χ3v) is 8.20. The fraction of sp³-hybridized carbons (Fsp3) is 0.333. The van der Waals surface area contributed by atoms with Crippen LogP contribution < -0.4 is 4.74 Å². The minimum Gasteiger partial charge on any atom is -0.497 e. The predicted molar refractivity (Wildman–Crippen MR) is 135 cm³/mol. The van der Waals surface area contributed by atoms with Crippen molar-refractivity contribution in [3.05, 3.63) is 101 Å². The standard InChI is InChI=1S/C30H32N2O/c1-21-8-6-13-27-29(21)26-17-24-20-32(19-22-9-4-3-5-10-22)15-14-30(24,18-28(26)31-27)23-11-7-12-25(16-23)33-2/h3-13,16,24,31H,14-15,17-20H2,1-2H3/t24?,30-/m0/s1. The number of ether oxygens (including phenoxy) is 1. The van der Waals surface area contributed by atoms with Gasteiger partial charge in [-0.2, -0.15) is 0 Å². The summed E-state index contributed by atoms with van der Waals surface area (Å²) in [5, 5.41) is 1.45. The molecule has 3 heteroatoms. The van der Waals surface area contributed by atoms with Crippen molar-refractivity contribution >= 4 is 10.9 Å². The first kappa shape index (κ1) is 20.6. The number of aromatic amines is 1. The summed E-state index contributed by atoms with van der Waals surface area (Å²) < 4.78 is 5.64. The van der Waals surface area contributed by atoms with E-state index >= 15 is 0 Å². The average molecular weight is 437 g/mol. The largest absolute Gasteiger partial charge is 0.497 e. The van der Waals surface area contributed by atoms with E-state index in [4.69, 9.17) is 4.74 Å². The summed E-state index contributed by atoms with van der Waals surface area (Å²) in [5.74, 6) is 1.54. The lowest BCUT2D eigenvalue weighted by Crippen LogP contribution is -2.53. The zero-order valence-corrected chi connectivity index (χ0v) is 19.6. The van der Waals surface area contributed by atoms with Crippen molar-refractivity contribution in [2.24, 2.45) is 5.92 Å². The van der Waals surface area contributed by atoms with Crippen LogP contribution in [0.2, 0.25) is 0 Å². The third-order valence-electron chi connectivity index (χ3n) is 8.20. The molecule has 33 heavy (non-hydrogen) atoms. The van der Waals surface area contributed by atoms with Gasteiger partial charge < -0.3 is 9.72 Å². The molecule has 2 aliphatic rings. The maximum absolute atomic E-state index is 5.64. The molecule has 4 aromatic rings. The van der Waals surface area contributed by atoms with Crippen LogP contribution in [0.15, 0.2) is 72.8 Å². The number of hydrogen-bond donors (Lipinski definition) is 1. The van der Waals surface area contributed by atoms with Crippen LogP contribution in [0.3, 0.4) is 0 Å². The number of H-pyrrole nitrogens is 1. The SMILES string of the molecule is COc1cccc([C@@]23CCN(Cc4ccccc4)CC2Cc2c([nH]c4cccc(C)c24)C3)c1. The lowest BCUT2D eigenvalue weighted by molar-refractivity contribution is 0.0765. The van der Waals surface area contributed by atoms with Crippen LogP contribution in [0.1, 0.15) is 34.4 Å². The van der Waals surface area contributed by atoms with Gasteiger partial charge in [-0.1, -0.05) is 54.6 Å². The smallest absolute Gasteiger partial charge is 0.119 e. The van der Waals surface area contributed by atoms with Gasteiger partial charge in [0.25, 0.3) is 0 Å². The molecular weight excluding hydrogens is 404 g/mol. The molecule has 0 spiro atoms. The van der Waals surface area contributed by atoms with Gasteiger partial charge in [0, 0.05) is 35.1 Å². The van der Waals surface area contributed by atoms with Crippen molar-refractivity contribution in [1.82, 2.24) is 9.88 Å². The maximum atomic E-state index is 5.64. The Kier molecular flexibility index (Phi) is 5.03. The van der Waals surface area contributed by atoms with E-state index < -0.39 is 0 Å². The summed E-state index contributed by atoms with van der Waals surface area (Å²) >= 11 is 0. The molecule has 1 aliphatic heterocycles. The molecule has 2 heterocycles. The van der Waals surface area contributed by atoms with Crippen molar-refractivity contribution < 1.29 is 4.74 Å². The summed E-state index contributed by atoms with van der Waals surface area (Å²) in [7, 11) is 1.77. The van der Waals surface area contributed by atoms with E-state index in [1.54, 1.807) is 12.7 Å². The number of nitrogens with zero attached hydrogens (tertiary/aromatic N) is 1. The van der Waals surface area contributed by atoms with Gasteiger partial charge in [0.05, 0.1) is 7.11 Å². The molecule has 1 fully saturated rings. The number of aromatic nitrogens is 1. The van der Waals surface area contributed by atoms with Crippen molar-refractivity contribution in [2.45, 2.75) is 38.1 Å². The fourth-order valence-corrected chi connectivity index (χ4v) is 6.53. The highest BCUT2D eigenvalue weighted by atomic mass is 16.5. The van der Waals surface area contributed by atoms with Gasteiger partial charge in [-0.3, -0.25) is 4.90 Å². The number of benzene rings is 3. The second kappa shape index (κ2) is 8.07. The molecule has 2 atom stereocenters. The van der Waals surface area contributed by atoms with Crippen LogP contribution in [-0.2, 0) is 24.8 Å². The van der Waals surface area contributed by atoms with Crippen LogP contribution in [-0.4, -0.2) is 30.1 Å². The Morgan fingerprint density at radius 1 is 1.03 bits per heavy atom. The molecular formula is C30H32N2O. The Morgan fingerprint density at radius 2 is 1.88 bits per heavy atom. The van der Waals surface area contributed by atoms with Gasteiger partial charge in [-0.25, -0.2) is 0 Å². The zero-order valence-electron chi connectivity index (χ0n) is 19.6. The highest BCUT2D eigenvalue weighted by Crippen LogP contribution is 2.50. The lowest BCUT2D eigenvalue weighted by Gasteiger charge is -2.51. The van der Waals surface area contributed by atoms with Crippen molar-refractivity contribution in [3.8, 4) is 5.75 Å². The molecule has 0 radical (unpaired) electrons. The normalized spacial score (nSPS) is 22.7. The number of likely N-dealkylation sites (tertiary alicyclic amines) is 1. The Bertz CT molecular complexity index is 1290. The molecule has 0 saturated carbocycles. The number of fused-ring (bicyclic) bond motifs is 4. The molecule has 1 aromatic heterocycles. The summed E-state index contributed by atoms with van der Waals surface area (Å²) in [6.07, 6.45) is 3.38. The highest BCUT2D eigenvalue weighted by molar-refractivity contribution is 5.88. The maximum Gasteiger partial charge on any atom is 0.119 e. The fourth-order valence-electron chi connectivity index (χ4n) is 6.53. The average Bonchev–Trinajstić information content (AvgIpc) is 3.21. The zero-order chi connectivity index (χ0) is 22.4.